The van der Waals surface area contributed by atoms with Crippen LogP contribution in [0.1, 0.15) is 54.2 Å². The van der Waals surface area contributed by atoms with Gasteiger partial charge in [-0.15, -0.1) is 5.10 Å². The average molecular weight is 402 g/mol. The number of carbonyl (C=O) groups excluding carboxylic acids is 1. The molecule has 4 heterocycles. The summed E-state index contributed by atoms with van der Waals surface area (Å²) in [6.07, 6.45) is 11.5. The summed E-state index contributed by atoms with van der Waals surface area (Å²) in [4.78, 5) is 12.3. The van der Waals surface area contributed by atoms with Crippen LogP contribution in [0.2, 0.25) is 0 Å². The molecule has 5 rings (SSSR count). The van der Waals surface area contributed by atoms with E-state index in [-0.39, 0.29) is 25.2 Å². The maximum atomic E-state index is 12.3. The number of nitrogens with zero attached hydrogens (tertiary/aromatic N) is 3. The number of rotatable bonds is 5. The molecule has 0 bridgehead atoms. The van der Waals surface area contributed by atoms with E-state index in [0.29, 0.717) is 11.5 Å². The van der Waals surface area contributed by atoms with E-state index < -0.39 is 17.9 Å². The number of furan rings is 1. The van der Waals surface area contributed by atoms with Crippen molar-refractivity contribution in [2.45, 2.75) is 62.5 Å². The molecule has 0 aromatic carbocycles. The Morgan fingerprint density at radius 3 is 2.97 bits per heavy atom. The van der Waals surface area contributed by atoms with Crippen molar-refractivity contribution in [2.75, 3.05) is 13.2 Å². The first kappa shape index (κ1) is 18.8. The van der Waals surface area contributed by atoms with Gasteiger partial charge in [0, 0.05) is 6.20 Å². The SMILES string of the molecule is O=C(N[C@H]1CO[C@@H]2[C@@H](n3cc(CC4CCCCC4)nn3)CO[C@]12O)c1ccoc1. The Balaban J connectivity index is 1.25. The average Bonchev–Trinajstić information content (AvgIpc) is 3.49. The minimum Gasteiger partial charge on any atom is -0.472 e. The van der Waals surface area contributed by atoms with Crippen molar-refractivity contribution in [1.29, 1.82) is 0 Å². The molecule has 156 valence electrons. The lowest BCUT2D eigenvalue weighted by Crippen LogP contribution is -2.54. The van der Waals surface area contributed by atoms with Crippen LogP contribution >= 0.6 is 0 Å². The van der Waals surface area contributed by atoms with Gasteiger partial charge < -0.3 is 24.3 Å². The van der Waals surface area contributed by atoms with Crippen LogP contribution in [0.4, 0.5) is 0 Å². The molecule has 0 radical (unpaired) electrons. The molecule has 9 heteroatoms. The molecule has 3 aliphatic rings. The second kappa shape index (κ2) is 7.55. The van der Waals surface area contributed by atoms with Crippen LogP contribution in [0.5, 0.6) is 0 Å². The largest absolute Gasteiger partial charge is 0.472 e. The van der Waals surface area contributed by atoms with E-state index in [1.165, 1.54) is 44.6 Å². The van der Waals surface area contributed by atoms with Crippen LogP contribution in [0.15, 0.2) is 29.2 Å². The lowest BCUT2D eigenvalue weighted by atomic mass is 9.86. The van der Waals surface area contributed by atoms with Crippen LogP contribution in [-0.2, 0) is 15.9 Å². The van der Waals surface area contributed by atoms with E-state index in [2.05, 4.69) is 15.6 Å². The fourth-order valence-electron chi connectivity index (χ4n) is 4.76. The van der Waals surface area contributed by atoms with Crippen molar-refractivity contribution in [2.24, 2.45) is 5.92 Å². The van der Waals surface area contributed by atoms with Gasteiger partial charge >= 0.3 is 0 Å². The Labute approximate surface area is 168 Å². The topological polar surface area (TPSA) is 112 Å². The first-order valence-corrected chi connectivity index (χ1v) is 10.3. The fraction of sp³-hybridized carbons (Fsp3) is 0.650. The minimum absolute atomic E-state index is 0.158. The van der Waals surface area contributed by atoms with E-state index in [1.54, 1.807) is 10.7 Å². The van der Waals surface area contributed by atoms with Crippen molar-refractivity contribution >= 4 is 5.91 Å². The van der Waals surface area contributed by atoms with Crippen LogP contribution in [-0.4, -0.2) is 57.2 Å². The third-order valence-electron chi connectivity index (χ3n) is 6.39. The number of ether oxygens (including phenoxy) is 2. The summed E-state index contributed by atoms with van der Waals surface area (Å²) in [5, 5.41) is 22.5. The molecular formula is C20H26N4O5. The van der Waals surface area contributed by atoms with Gasteiger partial charge in [0.05, 0.1) is 30.7 Å². The normalized spacial score (nSPS) is 32.4. The molecule has 1 saturated carbocycles. The van der Waals surface area contributed by atoms with E-state index >= 15 is 0 Å². The van der Waals surface area contributed by atoms with Crippen LogP contribution in [0.3, 0.4) is 0 Å². The van der Waals surface area contributed by atoms with E-state index in [9.17, 15) is 9.90 Å². The second-order valence-corrected chi connectivity index (χ2v) is 8.32. The van der Waals surface area contributed by atoms with Crippen molar-refractivity contribution < 1.29 is 23.8 Å². The zero-order chi connectivity index (χ0) is 19.8. The highest BCUT2D eigenvalue weighted by atomic mass is 16.7. The fourth-order valence-corrected chi connectivity index (χ4v) is 4.76. The summed E-state index contributed by atoms with van der Waals surface area (Å²) >= 11 is 0. The van der Waals surface area contributed by atoms with Crippen molar-refractivity contribution in [3.8, 4) is 0 Å². The molecule has 0 unspecified atom stereocenters. The van der Waals surface area contributed by atoms with Gasteiger partial charge in [0.1, 0.15) is 24.5 Å². The lowest BCUT2D eigenvalue weighted by Gasteiger charge is -2.27. The first-order chi connectivity index (χ1) is 14.1. The molecule has 4 atom stereocenters. The highest BCUT2D eigenvalue weighted by Gasteiger charge is 2.60. The summed E-state index contributed by atoms with van der Waals surface area (Å²) in [5.41, 5.74) is 1.35. The summed E-state index contributed by atoms with van der Waals surface area (Å²) in [6, 6.07) is 0.599. The number of nitrogens with one attached hydrogen (secondary N) is 1. The van der Waals surface area contributed by atoms with Crippen LogP contribution in [0, 0.1) is 5.92 Å². The molecule has 0 spiro atoms. The van der Waals surface area contributed by atoms with Gasteiger partial charge in [-0.3, -0.25) is 4.79 Å². The van der Waals surface area contributed by atoms with Crippen molar-refractivity contribution in [3.05, 3.63) is 36.0 Å². The summed E-state index contributed by atoms with van der Waals surface area (Å²) in [5.74, 6) is -1.26. The number of hydrogen-bond donors (Lipinski definition) is 2. The van der Waals surface area contributed by atoms with Gasteiger partial charge in [-0.25, -0.2) is 4.68 Å². The van der Waals surface area contributed by atoms with Crippen LogP contribution in [0.25, 0.3) is 0 Å². The Bertz CT molecular complexity index is 847. The Morgan fingerprint density at radius 2 is 2.17 bits per heavy atom. The number of carbonyl (C=O) groups is 1. The third-order valence-corrected chi connectivity index (χ3v) is 6.39. The van der Waals surface area contributed by atoms with Gasteiger partial charge in [0.15, 0.2) is 0 Å². The maximum Gasteiger partial charge on any atom is 0.255 e. The van der Waals surface area contributed by atoms with E-state index in [1.807, 2.05) is 6.20 Å². The van der Waals surface area contributed by atoms with Gasteiger partial charge in [0.25, 0.3) is 5.91 Å². The number of aliphatic hydroxyl groups is 1. The van der Waals surface area contributed by atoms with Crippen molar-refractivity contribution in [3.63, 3.8) is 0 Å². The predicted octanol–water partition coefficient (Wildman–Crippen LogP) is 1.45. The van der Waals surface area contributed by atoms with Gasteiger partial charge in [0.2, 0.25) is 5.79 Å². The minimum atomic E-state index is -1.60. The Hall–Kier alpha value is -2.23. The number of hydrogen-bond acceptors (Lipinski definition) is 7. The van der Waals surface area contributed by atoms with Gasteiger partial charge in [-0.05, 0) is 18.4 Å². The Kier molecular flexibility index (Phi) is 4.89. The molecule has 1 amide bonds. The zero-order valence-electron chi connectivity index (χ0n) is 16.2. The lowest BCUT2D eigenvalue weighted by molar-refractivity contribution is -0.194. The maximum absolute atomic E-state index is 12.3. The monoisotopic (exact) mass is 402 g/mol. The molecule has 29 heavy (non-hydrogen) atoms. The van der Waals surface area contributed by atoms with E-state index in [4.69, 9.17) is 13.9 Å². The number of aromatic nitrogens is 3. The molecule has 2 saturated heterocycles. The zero-order valence-corrected chi connectivity index (χ0v) is 16.2. The molecule has 1 aliphatic carbocycles. The summed E-state index contributed by atoms with van der Waals surface area (Å²) < 4.78 is 18.2. The molecule has 9 nitrogen and oxygen atoms in total. The molecule has 3 fully saturated rings. The molecule has 2 aliphatic heterocycles. The highest BCUT2D eigenvalue weighted by Crippen LogP contribution is 2.41. The van der Waals surface area contributed by atoms with E-state index in [0.717, 1.165) is 12.1 Å². The van der Waals surface area contributed by atoms with Crippen LogP contribution < -0.4 is 5.32 Å². The molecular weight excluding hydrogens is 376 g/mol. The van der Waals surface area contributed by atoms with Gasteiger partial charge in [-0.1, -0.05) is 37.3 Å². The standard InChI is InChI=1S/C20H26N4O5/c25-19(14-6-7-27-10-14)21-17-12-28-18-16(11-29-20(17,18)26)24-9-15(22-23-24)8-13-4-2-1-3-5-13/h6-7,9-10,13,16-18,26H,1-5,8,11-12H2,(H,21,25)/t16-,17-,18+,20+/m0/s1. The molecule has 2 N–H and O–H groups in total. The number of fused-ring (bicyclic) bond motifs is 1. The molecule has 2 aromatic rings. The smallest absolute Gasteiger partial charge is 0.255 e. The second-order valence-electron chi connectivity index (χ2n) is 8.32. The van der Waals surface area contributed by atoms with Crippen molar-refractivity contribution in [1.82, 2.24) is 20.3 Å². The molecule has 2 aromatic heterocycles. The summed E-state index contributed by atoms with van der Waals surface area (Å²) in [6.45, 7) is 0.399. The third kappa shape index (κ3) is 3.47. The highest BCUT2D eigenvalue weighted by molar-refractivity contribution is 5.94. The number of amides is 1. The van der Waals surface area contributed by atoms with Gasteiger partial charge in [-0.2, -0.15) is 0 Å². The quantitative estimate of drug-likeness (QED) is 0.778. The Morgan fingerprint density at radius 1 is 1.31 bits per heavy atom. The predicted molar refractivity (Wildman–Crippen MR) is 99.9 cm³/mol. The first-order valence-electron chi connectivity index (χ1n) is 10.3. The summed E-state index contributed by atoms with van der Waals surface area (Å²) in [7, 11) is 0.